The number of aliphatic hydroxyl groups is 8. The van der Waals surface area contributed by atoms with Crippen molar-refractivity contribution in [1.29, 1.82) is 0 Å². The van der Waals surface area contributed by atoms with Crippen molar-refractivity contribution in [3.8, 4) is 0 Å². The van der Waals surface area contributed by atoms with Crippen LogP contribution in [0.15, 0.2) is 0 Å². The van der Waals surface area contributed by atoms with Gasteiger partial charge in [0.1, 0.15) is 67.1 Å². The van der Waals surface area contributed by atoms with Gasteiger partial charge in [-0.3, -0.25) is 4.79 Å². The van der Waals surface area contributed by atoms with Crippen molar-refractivity contribution in [1.82, 2.24) is 5.32 Å². The van der Waals surface area contributed by atoms with E-state index in [1.54, 1.807) is 0 Å². The van der Waals surface area contributed by atoms with E-state index in [-0.39, 0.29) is 25.9 Å². The van der Waals surface area contributed by atoms with Gasteiger partial charge in [-0.2, -0.15) is 0 Å². The molecule has 3 fully saturated rings. The van der Waals surface area contributed by atoms with Crippen LogP contribution < -0.4 is 28.3 Å². The Morgan fingerprint density at radius 1 is 0.850 bits per heavy atom. The zero-order valence-electron chi connectivity index (χ0n) is 21.7. The average Bonchev–Trinajstić information content (AvgIpc) is 2.92. The summed E-state index contributed by atoms with van der Waals surface area (Å²) >= 11 is 0. The number of hydrogen-bond donors (Lipinski definition) is 13. The maximum atomic E-state index is 12.6. The standard InChI is InChI=1S/C22H43N5O13/c23-2-1-8(29)20(36)27-7-3-6(25)18(39-22-16(34)15(33)13(31)9(4-24)37-22)17(35)19(7)40-21-14(32)11(26)12(30)10(5-28)38-21/h6-19,21-22,28-35H,1-5,23-26H2,(H,27,36)/t6-,7+,8-,9+,10-,11+,12-,13+,14-,15-,16+,17-,18+,19-,21-,22+/m0/s1. The Morgan fingerprint density at radius 3 is 2.05 bits per heavy atom. The minimum absolute atomic E-state index is 0.0101. The summed E-state index contributed by atoms with van der Waals surface area (Å²) in [5.41, 5.74) is 23.1. The molecule has 234 valence electrons. The van der Waals surface area contributed by atoms with Crippen molar-refractivity contribution in [3.63, 3.8) is 0 Å². The lowest BCUT2D eigenvalue weighted by Gasteiger charge is -2.49. The third kappa shape index (κ3) is 7.06. The van der Waals surface area contributed by atoms with Crippen LogP contribution in [0.3, 0.4) is 0 Å². The molecule has 3 rings (SSSR count). The highest BCUT2D eigenvalue weighted by Crippen LogP contribution is 2.32. The quantitative estimate of drug-likeness (QED) is 0.113. The molecule has 17 N–H and O–H groups in total. The Kier molecular flexibility index (Phi) is 11.9. The van der Waals surface area contributed by atoms with E-state index in [2.05, 4.69) is 5.32 Å². The smallest absolute Gasteiger partial charge is 0.249 e. The molecule has 0 bridgehead atoms. The van der Waals surface area contributed by atoms with E-state index in [9.17, 15) is 45.6 Å². The van der Waals surface area contributed by atoms with Crippen molar-refractivity contribution >= 4 is 5.91 Å². The van der Waals surface area contributed by atoms with Gasteiger partial charge in [-0.15, -0.1) is 0 Å². The van der Waals surface area contributed by atoms with E-state index in [4.69, 9.17) is 41.9 Å². The molecule has 1 aliphatic carbocycles. The molecule has 0 aromatic carbocycles. The SMILES string of the molecule is NCC[C@H](O)C(=O)N[C@@H]1C[C@H](N)[C@@H](O[C@H]2O[C@H](CN)[C@@H](O)[C@H](O)[C@H]2O)[C@H](O)[C@H]1O[C@@H]1O[C@@H](CO)[C@H](O)[C@@H](N)[C@@H]1O. The van der Waals surface area contributed by atoms with E-state index in [0.717, 1.165) is 0 Å². The van der Waals surface area contributed by atoms with E-state index in [0.29, 0.717) is 0 Å². The van der Waals surface area contributed by atoms with E-state index < -0.39 is 110 Å². The maximum absolute atomic E-state index is 12.6. The van der Waals surface area contributed by atoms with Gasteiger partial charge >= 0.3 is 0 Å². The van der Waals surface area contributed by atoms with Gasteiger partial charge in [-0.1, -0.05) is 0 Å². The number of hydrogen-bond acceptors (Lipinski definition) is 17. The number of nitrogens with one attached hydrogen (secondary N) is 1. The molecule has 0 spiro atoms. The largest absolute Gasteiger partial charge is 0.394 e. The second-order valence-electron chi connectivity index (χ2n) is 10.3. The van der Waals surface area contributed by atoms with Crippen LogP contribution in [0.2, 0.25) is 0 Å². The van der Waals surface area contributed by atoms with Crippen LogP contribution in [0.5, 0.6) is 0 Å². The maximum Gasteiger partial charge on any atom is 0.249 e. The summed E-state index contributed by atoms with van der Waals surface area (Å²) in [5, 5.41) is 84.9. The van der Waals surface area contributed by atoms with Gasteiger partial charge in [-0.25, -0.2) is 0 Å². The van der Waals surface area contributed by atoms with Crippen molar-refractivity contribution in [3.05, 3.63) is 0 Å². The first-order valence-electron chi connectivity index (χ1n) is 13.1. The molecule has 0 unspecified atom stereocenters. The lowest BCUT2D eigenvalue weighted by molar-refractivity contribution is -0.332. The first-order valence-corrected chi connectivity index (χ1v) is 13.1. The number of nitrogens with two attached hydrogens (primary N) is 4. The van der Waals surface area contributed by atoms with Gasteiger partial charge in [0.2, 0.25) is 5.91 Å². The zero-order chi connectivity index (χ0) is 29.9. The van der Waals surface area contributed by atoms with Crippen LogP contribution in [0.25, 0.3) is 0 Å². The number of rotatable bonds is 10. The molecule has 0 aromatic heterocycles. The van der Waals surface area contributed by atoms with Crippen molar-refractivity contribution in [2.45, 2.75) is 111 Å². The summed E-state index contributed by atoms with van der Waals surface area (Å²) in [5.74, 6) is -0.845. The fraction of sp³-hybridized carbons (Fsp3) is 0.955. The number of aliphatic hydroxyl groups excluding tert-OH is 8. The van der Waals surface area contributed by atoms with Gasteiger partial charge < -0.3 is 88.1 Å². The van der Waals surface area contributed by atoms with Gasteiger partial charge in [0.05, 0.1) is 18.7 Å². The van der Waals surface area contributed by atoms with Crippen LogP contribution >= 0.6 is 0 Å². The topological polar surface area (TPSA) is 332 Å². The third-order valence-electron chi connectivity index (χ3n) is 7.51. The van der Waals surface area contributed by atoms with Gasteiger partial charge in [0, 0.05) is 12.6 Å². The van der Waals surface area contributed by atoms with E-state index in [1.807, 2.05) is 0 Å². The zero-order valence-corrected chi connectivity index (χ0v) is 21.7. The molecular weight excluding hydrogens is 542 g/mol. The Balaban J connectivity index is 1.85. The van der Waals surface area contributed by atoms with Crippen LogP contribution in [-0.4, -0.2) is 164 Å². The number of amides is 1. The molecule has 40 heavy (non-hydrogen) atoms. The predicted molar refractivity (Wildman–Crippen MR) is 131 cm³/mol. The lowest BCUT2D eigenvalue weighted by atomic mass is 9.83. The van der Waals surface area contributed by atoms with E-state index >= 15 is 0 Å². The molecule has 2 heterocycles. The van der Waals surface area contributed by atoms with Crippen molar-refractivity contribution in [2.24, 2.45) is 22.9 Å². The molecule has 0 radical (unpaired) electrons. The third-order valence-corrected chi connectivity index (χ3v) is 7.51. The van der Waals surface area contributed by atoms with Crippen LogP contribution in [0, 0.1) is 0 Å². The summed E-state index contributed by atoms with van der Waals surface area (Å²) in [6, 6.07) is -3.45. The Bertz CT molecular complexity index is 815. The average molecular weight is 586 g/mol. The highest BCUT2D eigenvalue weighted by molar-refractivity contribution is 5.80. The minimum atomic E-state index is -1.76. The van der Waals surface area contributed by atoms with Gasteiger partial charge in [0.15, 0.2) is 12.6 Å². The first kappa shape index (κ1) is 33.3. The number of carbonyl (C=O) groups is 1. The second kappa shape index (κ2) is 14.3. The Hall–Kier alpha value is -1.17. The molecular formula is C22H43N5O13. The molecule has 18 heteroatoms. The predicted octanol–water partition coefficient (Wildman–Crippen LogP) is -8.42. The fourth-order valence-electron chi connectivity index (χ4n) is 5.07. The fourth-order valence-corrected chi connectivity index (χ4v) is 5.07. The number of carbonyl (C=O) groups excluding carboxylic acids is 1. The molecule has 18 nitrogen and oxygen atoms in total. The normalized spacial score (nSPS) is 47.0. The molecule has 16 atom stereocenters. The van der Waals surface area contributed by atoms with Gasteiger partial charge in [-0.05, 0) is 19.4 Å². The molecule has 2 saturated heterocycles. The molecule has 3 aliphatic rings. The lowest BCUT2D eigenvalue weighted by Crippen LogP contribution is -2.69. The Morgan fingerprint density at radius 2 is 1.45 bits per heavy atom. The molecule has 1 saturated carbocycles. The number of ether oxygens (including phenoxy) is 4. The van der Waals surface area contributed by atoms with Crippen molar-refractivity contribution in [2.75, 3.05) is 19.7 Å². The van der Waals surface area contributed by atoms with Crippen LogP contribution in [0.4, 0.5) is 0 Å². The molecule has 1 amide bonds. The van der Waals surface area contributed by atoms with Crippen LogP contribution in [-0.2, 0) is 23.7 Å². The Labute approximate surface area is 229 Å². The van der Waals surface area contributed by atoms with Crippen LogP contribution in [0.1, 0.15) is 12.8 Å². The summed E-state index contributed by atoms with van der Waals surface area (Å²) < 4.78 is 22.5. The molecule has 0 aromatic rings. The summed E-state index contributed by atoms with van der Waals surface area (Å²) in [7, 11) is 0. The first-order chi connectivity index (χ1) is 18.9. The van der Waals surface area contributed by atoms with Crippen molar-refractivity contribution < 1.29 is 64.6 Å². The van der Waals surface area contributed by atoms with Gasteiger partial charge in [0.25, 0.3) is 0 Å². The highest BCUT2D eigenvalue weighted by atomic mass is 16.7. The van der Waals surface area contributed by atoms with E-state index in [1.165, 1.54) is 0 Å². The summed E-state index contributed by atoms with van der Waals surface area (Å²) in [6.07, 6.45) is -19.8. The second-order valence-corrected chi connectivity index (χ2v) is 10.3. The highest BCUT2D eigenvalue weighted by Gasteiger charge is 2.52. The monoisotopic (exact) mass is 585 g/mol. The summed E-state index contributed by atoms with van der Waals surface area (Å²) in [6.45, 7) is -0.898. The molecule has 2 aliphatic heterocycles. The minimum Gasteiger partial charge on any atom is -0.394 e. The summed E-state index contributed by atoms with van der Waals surface area (Å²) in [4.78, 5) is 12.6.